The Morgan fingerprint density at radius 2 is 1.73 bits per heavy atom. The number of piperidine rings is 1. The monoisotopic (exact) mass is 538 g/mol. The quantitative estimate of drug-likeness (QED) is 0.372. The Balaban J connectivity index is 1.34. The molecule has 8 heteroatoms. The average Bonchev–Trinajstić information content (AvgIpc) is 3.01. The topological polar surface area (TPSA) is 101 Å². The second-order valence-electron chi connectivity index (χ2n) is 10.0. The summed E-state index contributed by atoms with van der Waals surface area (Å²) in [6.45, 7) is 7.78. The lowest BCUT2D eigenvalue weighted by molar-refractivity contribution is -0.135. The molecule has 1 aliphatic rings. The molecule has 0 saturated carbocycles. The van der Waals surface area contributed by atoms with Gasteiger partial charge in [0.25, 0.3) is 0 Å². The highest BCUT2D eigenvalue weighted by Crippen LogP contribution is 2.25. The molecule has 2 heterocycles. The van der Waals surface area contributed by atoms with E-state index in [1.54, 1.807) is 18.3 Å². The Bertz CT molecular complexity index is 1280. The zero-order chi connectivity index (χ0) is 28.3. The normalized spacial score (nSPS) is 14.3. The van der Waals surface area contributed by atoms with E-state index in [4.69, 9.17) is 5.26 Å². The molecule has 1 aliphatic heterocycles. The van der Waals surface area contributed by atoms with E-state index in [1.165, 1.54) is 0 Å². The van der Waals surface area contributed by atoms with Gasteiger partial charge >= 0.3 is 0 Å². The van der Waals surface area contributed by atoms with Crippen LogP contribution in [-0.4, -0.2) is 54.4 Å². The number of hydrogen-bond acceptors (Lipinski definition) is 6. The van der Waals surface area contributed by atoms with Crippen LogP contribution in [0.5, 0.6) is 0 Å². The molecule has 0 bridgehead atoms. The van der Waals surface area contributed by atoms with Crippen molar-refractivity contribution in [2.45, 2.75) is 39.2 Å². The molecule has 0 spiro atoms. The summed E-state index contributed by atoms with van der Waals surface area (Å²) in [5.41, 5.74) is 3.59. The molecule has 8 nitrogen and oxygen atoms in total. The average molecular weight is 539 g/mol. The van der Waals surface area contributed by atoms with Crippen LogP contribution in [0.25, 0.3) is 0 Å². The molecule has 1 unspecified atom stereocenters. The molecule has 2 aromatic carbocycles. The molecular weight excluding hydrogens is 500 g/mol. The van der Waals surface area contributed by atoms with Crippen molar-refractivity contribution in [2.75, 3.05) is 42.9 Å². The van der Waals surface area contributed by atoms with Gasteiger partial charge in [-0.15, -0.1) is 0 Å². The van der Waals surface area contributed by atoms with E-state index in [0.717, 1.165) is 62.3 Å². The first kappa shape index (κ1) is 28.8. The summed E-state index contributed by atoms with van der Waals surface area (Å²) in [5, 5.41) is 15.3. The van der Waals surface area contributed by atoms with Crippen LogP contribution in [0.15, 0.2) is 72.9 Å². The first-order chi connectivity index (χ1) is 19.5. The van der Waals surface area contributed by atoms with E-state index in [9.17, 15) is 9.59 Å². The van der Waals surface area contributed by atoms with Gasteiger partial charge in [0.2, 0.25) is 11.8 Å². The minimum Gasteiger partial charge on any atom is -0.370 e. The van der Waals surface area contributed by atoms with Gasteiger partial charge < -0.3 is 20.4 Å². The molecule has 1 saturated heterocycles. The van der Waals surface area contributed by atoms with Crippen molar-refractivity contribution in [1.82, 2.24) is 15.2 Å². The molecule has 0 aliphatic carbocycles. The van der Waals surface area contributed by atoms with Crippen molar-refractivity contribution in [3.05, 3.63) is 89.6 Å². The Morgan fingerprint density at radius 3 is 2.33 bits per heavy atom. The van der Waals surface area contributed by atoms with Crippen LogP contribution in [0, 0.1) is 17.2 Å². The second-order valence-corrected chi connectivity index (χ2v) is 10.0. The van der Waals surface area contributed by atoms with Crippen LogP contribution in [-0.2, 0) is 16.0 Å². The second kappa shape index (κ2) is 14.2. The third-order valence-electron chi connectivity index (χ3n) is 7.52. The number of aromatic nitrogens is 1. The largest absolute Gasteiger partial charge is 0.370 e. The van der Waals surface area contributed by atoms with Crippen LogP contribution in [0.2, 0.25) is 0 Å². The maximum Gasteiger partial charge on any atom is 0.247 e. The first-order valence-electron chi connectivity index (χ1n) is 14.1. The van der Waals surface area contributed by atoms with E-state index in [0.29, 0.717) is 17.9 Å². The van der Waals surface area contributed by atoms with Gasteiger partial charge in [0, 0.05) is 38.6 Å². The molecule has 2 amide bonds. The molecule has 1 aromatic heterocycles. The summed E-state index contributed by atoms with van der Waals surface area (Å²) in [6.07, 6.45) is 4.19. The third-order valence-corrected chi connectivity index (χ3v) is 7.52. The zero-order valence-corrected chi connectivity index (χ0v) is 23.3. The number of nitrogens with one attached hydrogen (secondary N) is 2. The first-order valence-corrected chi connectivity index (χ1v) is 14.1. The highest BCUT2D eigenvalue weighted by atomic mass is 16.2. The highest BCUT2D eigenvalue weighted by molar-refractivity contribution is 5.94. The van der Waals surface area contributed by atoms with E-state index in [-0.39, 0.29) is 17.7 Å². The Hall–Kier alpha value is -4.22. The minimum absolute atomic E-state index is 0.0852. The van der Waals surface area contributed by atoms with Crippen LogP contribution in [0.1, 0.15) is 49.4 Å². The van der Waals surface area contributed by atoms with Crippen molar-refractivity contribution in [2.24, 2.45) is 5.92 Å². The Kier molecular flexibility index (Phi) is 10.3. The number of pyridine rings is 1. The van der Waals surface area contributed by atoms with Gasteiger partial charge in [-0.25, -0.2) is 4.98 Å². The molecule has 0 radical (unpaired) electrons. The SMILES string of the molecule is CCN(CC)C(=O)C1CCN(c2ccc(NC(=O)C(NCCc3ccc(C#N)cc3)c3ccccc3)nc2)CC1. The number of anilines is 2. The van der Waals surface area contributed by atoms with Gasteiger partial charge in [-0.1, -0.05) is 42.5 Å². The molecule has 40 heavy (non-hydrogen) atoms. The third kappa shape index (κ3) is 7.45. The summed E-state index contributed by atoms with van der Waals surface area (Å²) < 4.78 is 0. The number of carbonyl (C=O) groups excluding carboxylic acids is 2. The lowest BCUT2D eigenvalue weighted by atomic mass is 9.95. The predicted octanol–water partition coefficient (Wildman–Crippen LogP) is 4.55. The number of rotatable bonds is 11. The number of benzene rings is 2. The zero-order valence-electron chi connectivity index (χ0n) is 23.3. The summed E-state index contributed by atoms with van der Waals surface area (Å²) in [4.78, 5) is 34.7. The van der Waals surface area contributed by atoms with Gasteiger partial charge in [0.1, 0.15) is 11.9 Å². The Labute approximate surface area is 237 Å². The van der Waals surface area contributed by atoms with E-state index >= 15 is 0 Å². The molecule has 3 aromatic rings. The van der Waals surface area contributed by atoms with Gasteiger partial charge in [0.05, 0.1) is 23.5 Å². The summed E-state index contributed by atoms with van der Waals surface area (Å²) in [7, 11) is 0. The standard InChI is InChI=1S/C32H38N6O2/c1-3-37(4-2)32(40)27-17-20-38(21-18-27)28-14-15-29(35-23-28)36-31(39)30(26-8-6-5-7-9-26)34-19-16-24-10-12-25(22-33)13-11-24/h5-15,23,27,30,34H,3-4,16-21H2,1-2H3,(H,35,36,39). The smallest absolute Gasteiger partial charge is 0.247 e. The molecule has 208 valence electrons. The minimum atomic E-state index is -0.538. The summed E-state index contributed by atoms with van der Waals surface area (Å²) in [5.74, 6) is 0.665. The van der Waals surface area contributed by atoms with Crippen LogP contribution < -0.4 is 15.5 Å². The number of nitriles is 1. The molecular formula is C32H38N6O2. The van der Waals surface area contributed by atoms with Crippen LogP contribution in [0.4, 0.5) is 11.5 Å². The fourth-order valence-corrected chi connectivity index (χ4v) is 5.14. The van der Waals surface area contributed by atoms with Gasteiger partial charge in [-0.3, -0.25) is 9.59 Å². The van der Waals surface area contributed by atoms with Gasteiger partial charge in [-0.05, 0) is 68.5 Å². The maximum atomic E-state index is 13.3. The van der Waals surface area contributed by atoms with Crippen molar-refractivity contribution >= 4 is 23.3 Å². The summed E-state index contributed by atoms with van der Waals surface area (Å²) in [6, 6.07) is 22.5. The highest BCUT2D eigenvalue weighted by Gasteiger charge is 2.28. The van der Waals surface area contributed by atoms with E-state index < -0.39 is 6.04 Å². The van der Waals surface area contributed by atoms with Crippen LogP contribution >= 0.6 is 0 Å². The lowest BCUT2D eigenvalue weighted by Gasteiger charge is -2.34. The van der Waals surface area contributed by atoms with Crippen molar-refractivity contribution in [3.8, 4) is 6.07 Å². The van der Waals surface area contributed by atoms with Gasteiger partial charge in [-0.2, -0.15) is 5.26 Å². The van der Waals surface area contributed by atoms with E-state index in [1.807, 2.05) is 73.3 Å². The van der Waals surface area contributed by atoms with E-state index in [2.05, 4.69) is 26.6 Å². The van der Waals surface area contributed by atoms with Crippen molar-refractivity contribution in [3.63, 3.8) is 0 Å². The molecule has 2 N–H and O–H groups in total. The lowest BCUT2D eigenvalue weighted by Crippen LogP contribution is -2.42. The molecule has 1 atom stereocenters. The number of amides is 2. The molecule has 1 fully saturated rings. The van der Waals surface area contributed by atoms with Crippen molar-refractivity contribution < 1.29 is 9.59 Å². The van der Waals surface area contributed by atoms with Crippen LogP contribution in [0.3, 0.4) is 0 Å². The fraction of sp³-hybridized carbons (Fsp3) is 0.375. The molecule has 4 rings (SSSR count). The Morgan fingerprint density at radius 1 is 1.02 bits per heavy atom. The number of nitrogens with zero attached hydrogens (tertiary/aromatic N) is 4. The maximum absolute atomic E-state index is 13.3. The predicted molar refractivity (Wildman–Crippen MR) is 158 cm³/mol. The van der Waals surface area contributed by atoms with Crippen molar-refractivity contribution in [1.29, 1.82) is 5.26 Å². The summed E-state index contributed by atoms with van der Waals surface area (Å²) >= 11 is 0. The number of carbonyl (C=O) groups is 2. The number of hydrogen-bond donors (Lipinski definition) is 2. The fourth-order valence-electron chi connectivity index (χ4n) is 5.14. The van der Waals surface area contributed by atoms with Gasteiger partial charge in [0.15, 0.2) is 0 Å².